The number of phenolic OH excluding ortho intramolecular Hbond substituents is 2. The van der Waals surface area contributed by atoms with Crippen molar-refractivity contribution in [3.63, 3.8) is 0 Å². The average molecular weight is 458 g/mol. The highest BCUT2D eigenvalue weighted by Gasteiger charge is 2.24. The lowest BCUT2D eigenvalue weighted by Gasteiger charge is -2.23. The lowest BCUT2D eigenvalue weighted by molar-refractivity contribution is 0.462. The Morgan fingerprint density at radius 2 is 1.38 bits per heavy atom. The summed E-state index contributed by atoms with van der Waals surface area (Å²) in [7, 11) is 0. The minimum atomic E-state index is -0.753. The van der Waals surface area contributed by atoms with Gasteiger partial charge in [-0.05, 0) is 60.8 Å². The Morgan fingerprint density at radius 1 is 0.781 bits per heavy atom. The van der Waals surface area contributed by atoms with E-state index in [9.17, 15) is 10.2 Å². The van der Waals surface area contributed by atoms with Crippen molar-refractivity contribution in [3.05, 3.63) is 83.4 Å². The van der Waals surface area contributed by atoms with Gasteiger partial charge in [-0.15, -0.1) is 0 Å². The molecule has 156 valence electrons. The highest BCUT2D eigenvalue weighted by atomic mass is 32.1. The highest BCUT2D eigenvalue weighted by molar-refractivity contribution is 7.78. The second-order valence-electron chi connectivity index (χ2n) is 6.67. The number of aromatic hydroxyl groups is 2. The maximum absolute atomic E-state index is 10.4. The second kappa shape index (κ2) is 9.43. The molecule has 7 nitrogen and oxygen atoms in total. The van der Waals surface area contributed by atoms with E-state index in [-0.39, 0.29) is 11.5 Å². The van der Waals surface area contributed by atoms with Crippen molar-refractivity contribution in [2.24, 2.45) is 20.0 Å². The first kappa shape index (κ1) is 21.2. The molecule has 3 aromatic carbocycles. The second-order valence-corrected chi connectivity index (χ2v) is 7.04. The Morgan fingerprint density at radius 3 is 2.00 bits per heavy atom. The molecule has 1 atom stereocenters. The molecule has 1 aliphatic heterocycles. The molecule has 9 heteroatoms. The number of benzene rings is 3. The van der Waals surface area contributed by atoms with Gasteiger partial charge in [0.2, 0.25) is 0 Å². The van der Waals surface area contributed by atoms with Crippen molar-refractivity contribution in [2.75, 3.05) is 0 Å². The van der Waals surface area contributed by atoms with Crippen LogP contribution >= 0.6 is 24.4 Å². The SMILES string of the molecule is Oc1ccccc1C1=NC(c2ccccc2O)N=C(c2cc(N=C=S)cc(N=C=S)c2)N1. The molecule has 1 unspecified atom stereocenters. The molecular weight excluding hydrogens is 442 g/mol. The number of thiocarbonyl (C=S) groups is 2. The molecule has 0 radical (unpaired) electrons. The van der Waals surface area contributed by atoms with Crippen molar-refractivity contribution >= 4 is 57.8 Å². The first-order valence-electron chi connectivity index (χ1n) is 9.39. The smallest absolute Gasteiger partial charge is 0.173 e. The summed E-state index contributed by atoms with van der Waals surface area (Å²) in [5.41, 5.74) is 2.66. The van der Waals surface area contributed by atoms with Gasteiger partial charge in [0, 0.05) is 11.1 Å². The molecule has 3 aromatic rings. The maximum atomic E-state index is 10.4. The molecule has 0 aliphatic carbocycles. The van der Waals surface area contributed by atoms with E-state index >= 15 is 0 Å². The maximum Gasteiger partial charge on any atom is 0.173 e. The summed E-state index contributed by atoms with van der Waals surface area (Å²) in [6, 6.07) is 18.8. The molecule has 0 spiro atoms. The quantitative estimate of drug-likeness (QED) is 0.367. The molecule has 0 saturated heterocycles. The van der Waals surface area contributed by atoms with Gasteiger partial charge in [0.05, 0.1) is 27.3 Å². The number of para-hydroxylation sites is 2. The topological polar surface area (TPSA) is 102 Å². The van der Waals surface area contributed by atoms with Crippen molar-refractivity contribution in [2.45, 2.75) is 6.17 Å². The predicted octanol–water partition coefficient (Wildman–Crippen LogP) is 5.06. The fourth-order valence-electron chi connectivity index (χ4n) is 3.22. The molecule has 3 N–H and O–H groups in total. The van der Waals surface area contributed by atoms with E-state index in [4.69, 9.17) is 29.4 Å². The van der Waals surface area contributed by atoms with E-state index in [1.54, 1.807) is 66.7 Å². The van der Waals surface area contributed by atoms with E-state index in [0.717, 1.165) is 0 Å². The van der Waals surface area contributed by atoms with E-state index in [1.165, 1.54) is 0 Å². The summed E-state index contributed by atoms with van der Waals surface area (Å²) in [4.78, 5) is 17.4. The van der Waals surface area contributed by atoms with Gasteiger partial charge in [0.1, 0.15) is 23.2 Å². The van der Waals surface area contributed by atoms with Gasteiger partial charge in [-0.2, -0.15) is 9.98 Å². The summed E-state index contributed by atoms with van der Waals surface area (Å²) in [5, 5.41) is 28.6. The number of rotatable bonds is 5. The van der Waals surface area contributed by atoms with Crippen LogP contribution in [-0.2, 0) is 0 Å². The van der Waals surface area contributed by atoms with Crippen LogP contribution in [0.1, 0.15) is 22.9 Å². The molecule has 0 amide bonds. The first-order valence-corrected chi connectivity index (χ1v) is 10.2. The van der Waals surface area contributed by atoms with Crippen molar-refractivity contribution in [3.8, 4) is 11.5 Å². The van der Waals surface area contributed by atoms with Gasteiger partial charge < -0.3 is 15.5 Å². The van der Waals surface area contributed by atoms with Gasteiger partial charge in [0.15, 0.2) is 6.17 Å². The third-order valence-corrected chi connectivity index (χ3v) is 4.82. The van der Waals surface area contributed by atoms with Crippen LogP contribution in [0.2, 0.25) is 0 Å². The summed E-state index contributed by atoms with van der Waals surface area (Å²) >= 11 is 9.46. The molecule has 0 aromatic heterocycles. The van der Waals surface area contributed by atoms with Gasteiger partial charge >= 0.3 is 0 Å². The monoisotopic (exact) mass is 457 g/mol. The molecule has 0 saturated carbocycles. The Kier molecular flexibility index (Phi) is 6.26. The summed E-state index contributed by atoms with van der Waals surface area (Å²) in [5.74, 6) is 0.952. The molecule has 1 heterocycles. The van der Waals surface area contributed by atoms with Crippen molar-refractivity contribution in [1.29, 1.82) is 0 Å². The van der Waals surface area contributed by atoms with Gasteiger partial charge in [-0.1, -0.05) is 30.3 Å². The number of aliphatic imine (C=N–C) groups is 4. The molecule has 32 heavy (non-hydrogen) atoms. The average Bonchev–Trinajstić information content (AvgIpc) is 2.80. The molecule has 1 aliphatic rings. The van der Waals surface area contributed by atoms with Crippen LogP contribution in [0.3, 0.4) is 0 Å². The van der Waals surface area contributed by atoms with Crippen LogP contribution in [0, 0.1) is 0 Å². The summed E-state index contributed by atoms with van der Waals surface area (Å²) in [6.45, 7) is 0. The minimum absolute atomic E-state index is 0.0566. The third kappa shape index (κ3) is 4.51. The number of isothiocyanates is 2. The van der Waals surface area contributed by atoms with Crippen LogP contribution in [0.4, 0.5) is 11.4 Å². The third-order valence-electron chi connectivity index (χ3n) is 4.64. The fraction of sp³-hybridized carbons (Fsp3) is 0.0435. The standard InChI is InChI=1S/C23H15N5O2S2/c29-19-7-3-1-5-17(19)22-26-21(27-23(28-22)18-6-2-4-8-20(18)30)14-9-15(24-12-31)11-16(10-14)25-13-32/h1-11,22,29-30H,(H,26,27,28). The zero-order valence-corrected chi connectivity index (χ0v) is 18.1. The number of nitrogens with one attached hydrogen (secondary N) is 1. The van der Waals surface area contributed by atoms with E-state index in [0.29, 0.717) is 39.7 Å². The zero-order chi connectivity index (χ0) is 22.5. The summed E-state index contributed by atoms with van der Waals surface area (Å²) in [6.07, 6.45) is -0.753. The van der Waals surface area contributed by atoms with Crippen molar-refractivity contribution in [1.82, 2.24) is 5.32 Å². The first-order chi connectivity index (χ1) is 15.6. The van der Waals surface area contributed by atoms with Gasteiger partial charge in [0.25, 0.3) is 0 Å². The highest BCUT2D eigenvalue weighted by Crippen LogP contribution is 2.32. The lowest BCUT2D eigenvalue weighted by Crippen LogP contribution is -2.36. The van der Waals surface area contributed by atoms with Crippen molar-refractivity contribution < 1.29 is 10.2 Å². The number of amidine groups is 2. The number of hydrogen-bond acceptors (Lipinski definition) is 9. The lowest BCUT2D eigenvalue weighted by atomic mass is 10.1. The Balaban J connectivity index is 1.88. The van der Waals surface area contributed by atoms with Crippen LogP contribution in [0.25, 0.3) is 0 Å². The van der Waals surface area contributed by atoms with Crippen LogP contribution < -0.4 is 5.32 Å². The van der Waals surface area contributed by atoms with E-state index in [2.05, 4.69) is 30.6 Å². The van der Waals surface area contributed by atoms with Gasteiger partial charge in [-0.25, -0.2) is 9.98 Å². The zero-order valence-electron chi connectivity index (χ0n) is 16.4. The van der Waals surface area contributed by atoms with E-state index < -0.39 is 6.17 Å². The van der Waals surface area contributed by atoms with Gasteiger partial charge in [-0.3, -0.25) is 0 Å². The minimum Gasteiger partial charge on any atom is -0.508 e. The molecule has 0 fully saturated rings. The van der Waals surface area contributed by atoms with Crippen LogP contribution in [0.5, 0.6) is 11.5 Å². The number of nitrogens with zero attached hydrogens (tertiary/aromatic N) is 4. The molecular formula is C23H15N5O2S2. The Labute approximate surface area is 194 Å². The van der Waals surface area contributed by atoms with E-state index in [1.807, 2.05) is 0 Å². The Bertz CT molecular complexity index is 1320. The largest absolute Gasteiger partial charge is 0.508 e. The number of phenols is 2. The number of hydrogen-bond donors (Lipinski definition) is 3. The Hall–Kier alpha value is -4.00. The molecule has 4 rings (SSSR count). The summed E-state index contributed by atoms with van der Waals surface area (Å²) < 4.78 is 0. The predicted molar refractivity (Wildman–Crippen MR) is 131 cm³/mol. The molecule has 0 bridgehead atoms. The van der Waals surface area contributed by atoms with Crippen LogP contribution in [0.15, 0.2) is 86.7 Å². The fourth-order valence-corrected chi connectivity index (χ4v) is 3.43. The van der Waals surface area contributed by atoms with Crippen LogP contribution in [-0.4, -0.2) is 32.2 Å². The normalized spacial score (nSPS) is 14.8.